The summed E-state index contributed by atoms with van der Waals surface area (Å²) in [5.74, 6) is 0.594. The van der Waals surface area contributed by atoms with Crippen LogP contribution >= 0.6 is 27.3 Å². The summed E-state index contributed by atoms with van der Waals surface area (Å²) in [6.07, 6.45) is 0. The first-order chi connectivity index (χ1) is 8.65. The molecule has 2 heterocycles. The first kappa shape index (κ1) is 13.5. The van der Waals surface area contributed by atoms with Crippen molar-refractivity contribution in [2.24, 2.45) is 0 Å². The molecule has 0 bridgehead atoms. The van der Waals surface area contributed by atoms with E-state index in [0.717, 1.165) is 4.47 Å². The lowest BCUT2D eigenvalue weighted by atomic mass is 10.4. The number of hydrogen-bond acceptors (Lipinski definition) is 6. The summed E-state index contributed by atoms with van der Waals surface area (Å²) in [5.41, 5.74) is 0. The highest BCUT2D eigenvalue weighted by Gasteiger charge is 2.07. The number of nitrogens with zero attached hydrogens (tertiary/aromatic N) is 2. The Morgan fingerprint density at radius 2 is 2.22 bits per heavy atom. The van der Waals surface area contributed by atoms with Gasteiger partial charge in [0.1, 0.15) is 0 Å². The maximum absolute atomic E-state index is 5.47. The van der Waals surface area contributed by atoms with Gasteiger partial charge in [-0.15, -0.1) is 16.4 Å². The average molecular weight is 331 g/mol. The fraction of sp³-hybridized carbons (Fsp3) is 0.455. The molecule has 18 heavy (non-hydrogen) atoms. The van der Waals surface area contributed by atoms with Crippen molar-refractivity contribution in [3.05, 3.63) is 26.7 Å². The number of aromatic nitrogens is 2. The molecule has 0 radical (unpaired) electrons. The molecule has 0 aliphatic heterocycles. The van der Waals surface area contributed by atoms with Gasteiger partial charge in [0.05, 0.1) is 13.1 Å². The Bertz CT molecular complexity index is 497. The van der Waals surface area contributed by atoms with Gasteiger partial charge in [-0.2, -0.15) is 0 Å². The third-order valence-electron chi connectivity index (χ3n) is 2.22. The van der Waals surface area contributed by atoms with E-state index < -0.39 is 0 Å². The highest BCUT2D eigenvalue weighted by Crippen LogP contribution is 2.23. The Hall–Kier alpha value is -0.920. The zero-order valence-corrected chi connectivity index (χ0v) is 12.6. The molecule has 0 saturated heterocycles. The number of halogens is 1. The Labute approximate surface area is 118 Å². The van der Waals surface area contributed by atoms with E-state index in [9.17, 15) is 0 Å². The van der Waals surface area contributed by atoms with Gasteiger partial charge >= 0.3 is 6.01 Å². The minimum Gasteiger partial charge on any atom is -0.407 e. The summed E-state index contributed by atoms with van der Waals surface area (Å²) in [4.78, 5) is 1.20. The largest absolute Gasteiger partial charge is 0.407 e. The Morgan fingerprint density at radius 1 is 1.39 bits per heavy atom. The maximum Gasteiger partial charge on any atom is 0.315 e. The predicted molar refractivity (Wildman–Crippen MR) is 75.6 cm³/mol. The summed E-state index contributed by atoms with van der Waals surface area (Å²) in [6, 6.07) is 2.87. The van der Waals surface area contributed by atoms with Crippen LogP contribution in [0.25, 0.3) is 0 Å². The summed E-state index contributed by atoms with van der Waals surface area (Å²) >= 11 is 5.16. The number of rotatable bonds is 6. The van der Waals surface area contributed by atoms with Crippen LogP contribution < -0.4 is 10.6 Å². The molecule has 98 valence electrons. The zero-order valence-electron chi connectivity index (χ0n) is 10.2. The standard InChI is InChI=1S/C11H15BrN4OS/c1-7(2)13-6-10-15-16-11(17-10)14-5-9-8(12)3-4-18-9/h3-4,7,13H,5-6H2,1-2H3,(H,14,16). The molecule has 2 N–H and O–H groups in total. The van der Waals surface area contributed by atoms with Crippen molar-refractivity contribution >= 4 is 33.3 Å². The van der Waals surface area contributed by atoms with Crippen molar-refractivity contribution in [2.45, 2.75) is 33.0 Å². The minimum atomic E-state index is 0.399. The molecule has 0 aliphatic rings. The Kier molecular flexibility index (Phi) is 4.73. The first-order valence-corrected chi connectivity index (χ1v) is 7.34. The van der Waals surface area contributed by atoms with Gasteiger partial charge in [-0.25, -0.2) is 0 Å². The number of hydrogen-bond donors (Lipinski definition) is 2. The lowest BCUT2D eigenvalue weighted by Crippen LogP contribution is -2.21. The van der Waals surface area contributed by atoms with Gasteiger partial charge in [0.25, 0.3) is 0 Å². The second-order valence-corrected chi connectivity index (χ2v) is 5.94. The van der Waals surface area contributed by atoms with Crippen molar-refractivity contribution in [2.75, 3.05) is 5.32 Å². The topological polar surface area (TPSA) is 63.0 Å². The molecule has 0 unspecified atom stereocenters. The number of anilines is 1. The fourth-order valence-electron chi connectivity index (χ4n) is 1.30. The highest BCUT2D eigenvalue weighted by molar-refractivity contribution is 9.10. The molecule has 7 heteroatoms. The monoisotopic (exact) mass is 330 g/mol. The van der Waals surface area contributed by atoms with Gasteiger partial charge < -0.3 is 15.1 Å². The number of thiophene rings is 1. The van der Waals surface area contributed by atoms with E-state index in [1.54, 1.807) is 11.3 Å². The fourth-order valence-corrected chi connectivity index (χ4v) is 2.73. The molecular weight excluding hydrogens is 316 g/mol. The molecular formula is C11H15BrN4OS. The first-order valence-electron chi connectivity index (χ1n) is 5.66. The van der Waals surface area contributed by atoms with Crippen molar-refractivity contribution < 1.29 is 4.42 Å². The molecule has 0 spiro atoms. The van der Waals surface area contributed by atoms with Crippen molar-refractivity contribution in [3.63, 3.8) is 0 Å². The van der Waals surface area contributed by atoms with Gasteiger partial charge in [0, 0.05) is 15.4 Å². The molecule has 0 fully saturated rings. The Balaban J connectivity index is 1.85. The predicted octanol–water partition coefficient (Wildman–Crippen LogP) is 3.00. The normalized spacial score (nSPS) is 11.1. The highest BCUT2D eigenvalue weighted by atomic mass is 79.9. The van der Waals surface area contributed by atoms with Crippen LogP contribution in [-0.4, -0.2) is 16.2 Å². The smallest absolute Gasteiger partial charge is 0.315 e. The molecule has 0 aromatic carbocycles. The van der Waals surface area contributed by atoms with Gasteiger partial charge in [-0.3, -0.25) is 0 Å². The Morgan fingerprint density at radius 3 is 2.89 bits per heavy atom. The van der Waals surface area contributed by atoms with Crippen LogP contribution in [0.15, 0.2) is 20.3 Å². The zero-order chi connectivity index (χ0) is 13.0. The van der Waals surface area contributed by atoms with Crippen LogP contribution in [0.4, 0.5) is 6.01 Å². The lowest BCUT2D eigenvalue weighted by molar-refractivity contribution is 0.458. The third-order valence-corrected chi connectivity index (χ3v) is 4.15. The van der Waals surface area contributed by atoms with E-state index in [1.807, 2.05) is 11.4 Å². The van der Waals surface area contributed by atoms with Crippen molar-refractivity contribution in [1.29, 1.82) is 0 Å². The van der Waals surface area contributed by atoms with Crippen LogP contribution in [0.2, 0.25) is 0 Å². The second-order valence-electron chi connectivity index (χ2n) is 4.08. The molecule has 0 amide bonds. The van der Waals surface area contributed by atoms with E-state index in [-0.39, 0.29) is 0 Å². The molecule has 2 rings (SSSR count). The van der Waals surface area contributed by atoms with Crippen molar-refractivity contribution in [1.82, 2.24) is 15.5 Å². The average Bonchev–Trinajstić information content (AvgIpc) is 2.93. The summed E-state index contributed by atoms with van der Waals surface area (Å²) in [5, 5.41) is 16.3. The minimum absolute atomic E-state index is 0.399. The maximum atomic E-state index is 5.47. The molecule has 0 aliphatic carbocycles. The van der Waals surface area contributed by atoms with Gasteiger partial charge in [-0.1, -0.05) is 18.9 Å². The second kappa shape index (κ2) is 6.31. The SMILES string of the molecule is CC(C)NCc1nnc(NCc2sccc2Br)o1. The van der Waals surface area contributed by atoms with E-state index in [4.69, 9.17) is 4.42 Å². The van der Waals surface area contributed by atoms with Crippen LogP contribution in [0, 0.1) is 0 Å². The van der Waals surface area contributed by atoms with Crippen LogP contribution in [0.5, 0.6) is 0 Å². The molecule has 0 saturated carbocycles. The summed E-state index contributed by atoms with van der Waals surface area (Å²) < 4.78 is 6.56. The van der Waals surface area contributed by atoms with Crippen LogP contribution in [0.3, 0.4) is 0 Å². The third kappa shape index (κ3) is 3.79. The van der Waals surface area contributed by atoms with E-state index in [2.05, 4.69) is 50.6 Å². The van der Waals surface area contributed by atoms with Crippen LogP contribution in [-0.2, 0) is 13.1 Å². The van der Waals surface area contributed by atoms with Gasteiger partial charge in [0.2, 0.25) is 5.89 Å². The van der Waals surface area contributed by atoms with Gasteiger partial charge in [-0.05, 0) is 27.4 Å². The lowest BCUT2D eigenvalue weighted by Gasteiger charge is -2.03. The molecule has 5 nitrogen and oxygen atoms in total. The van der Waals surface area contributed by atoms with E-state index >= 15 is 0 Å². The quantitative estimate of drug-likeness (QED) is 0.852. The summed E-state index contributed by atoms with van der Waals surface area (Å²) in [7, 11) is 0. The van der Waals surface area contributed by atoms with Crippen molar-refractivity contribution in [3.8, 4) is 0 Å². The summed E-state index contributed by atoms with van der Waals surface area (Å²) in [6.45, 7) is 5.42. The molecule has 2 aromatic heterocycles. The van der Waals surface area contributed by atoms with Crippen LogP contribution in [0.1, 0.15) is 24.6 Å². The van der Waals surface area contributed by atoms with Gasteiger partial charge in [0.15, 0.2) is 0 Å². The number of nitrogens with one attached hydrogen (secondary N) is 2. The van der Waals surface area contributed by atoms with E-state index in [1.165, 1.54) is 4.88 Å². The molecule has 0 atom stereocenters. The van der Waals surface area contributed by atoms with E-state index in [0.29, 0.717) is 31.0 Å². The molecule has 2 aromatic rings.